The number of hydrogen-bond acceptors (Lipinski definition) is 3. The first-order chi connectivity index (χ1) is 11.1. The number of carbonyl (C=O) groups excluding carboxylic acids is 2. The molecule has 0 bridgehead atoms. The number of rotatable bonds is 4. The summed E-state index contributed by atoms with van der Waals surface area (Å²) in [7, 11) is 1.39. The number of nitrogens with one attached hydrogen (secondary N) is 1. The average molecular weight is 316 g/mol. The van der Waals surface area contributed by atoms with Gasteiger partial charge >= 0.3 is 6.09 Å². The van der Waals surface area contributed by atoms with E-state index in [0.29, 0.717) is 13.1 Å². The highest BCUT2D eigenvalue weighted by atomic mass is 16.5. The van der Waals surface area contributed by atoms with Gasteiger partial charge < -0.3 is 15.0 Å². The molecule has 1 aromatic rings. The molecule has 1 aromatic carbocycles. The molecule has 5 nitrogen and oxygen atoms in total. The topological polar surface area (TPSA) is 58.6 Å². The molecule has 2 amide bonds. The van der Waals surface area contributed by atoms with Crippen molar-refractivity contribution >= 4 is 12.0 Å². The van der Waals surface area contributed by atoms with Crippen molar-refractivity contribution in [3.05, 3.63) is 35.9 Å². The summed E-state index contributed by atoms with van der Waals surface area (Å²) in [6.45, 7) is 1.18. The molecule has 1 heterocycles. The van der Waals surface area contributed by atoms with Crippen LogP contribution in [-0.2, 0) is 16.0 Å². The van der Waals surface area contributed by atoms with Gasteiger partial charge in [0.25, 0.3) is 0 Å². The number of carbonyl (C=O) groups is 2. The van der Waals surface area contributed by atoms with Gasteiger partial charge in [-0.05, 0) is 31.2 Å². The van der Waals surface area contributed by atoms with Crippen molar-refractivity contribution in [1.82, 2.24) is 10.2 Å². The van der Waals surface area contributed by atoms with Crippen LogP contribution in [-0.4, -0.2) is 43.1 Å². The second kappa shape index (κ2) is 6.60. The van der Waals surface area contributed by atoms with Crippen LogP contribution < -0.4 is 5.32 Å². The van der Waals surface area contributed by atoms with Gasteiger partial charge in [-0.2, -0.15) is 0 Å². The predicted octanol–water partition coefficient (Wildman–Crippen LogP) is 2.36. The maximum absolute atomic E-state index is 12.8. The van der Waals surface area contributed by atoms with Crippen LogP contribution in [0.4, 0.5) is 4.79 Å². The van der Waals surface area contributed by atoms with E-state index in [9.17, 15) is 9.59 Å². The number of amides is 2. The lowest BCUT2D eigenvalue weighted by Gasteiger charge is -2.41. The van der Waals surface area contributed by atoms with E-state index < -0.39 is 0 Å². The van der Waals surface area contributed by atoms with Gasteiger partial charge in [-0.15, -0.1) is 0 Å². The Morgan fingerprint density at radius 2 is 2.04 bits per heavy atom. The van der Waals surface area contributed by atoms with Gasteiger partial charge in [0.2, 0.25) is 5.91 Å². The largest absolute Gasteiger partial charge is 0.453 e. The van der Waals surface area contributed by atoms with Crippen molar-refractivity contribution in [2.24, 2.45) is 5.41 Å². The minimum absolute atomic E-state index is 0.0369. The first-order valence-electron chi connectivity index (χ1n) is 8.31. The summed E-state index contributed by atoms with van der Waals surface area (Å²) >= 11 is 0. The van der Waals surface area contributed by atoms with Crippen molar-refractivity contribution in [1.29, 1.82) is 0 Å². The van der Waals surface area contributed by atoms with E-state index in [4.69, 9.17) is 4.74 Å². The lowest BCUT2D eigenvalue weighted by molar-refractivity contribution is -0.136. The van der Waals surface area contributed by atoms with Crippen LogP contribution in [0.25, 0.3) is 0 Å². The zero-order chi connectivity index (χ0) is 16.3. The van der Waals surface area contributed by atoms with Gasteiger partial charge in [-0.3, -0.25) is 4.79 Å². The summed E-state index contributed by atoms with van der Waals surface area (Å²) in [4.78, 5) is 26.0. The normalized spacial score (nSPS) is 22.3. The Hall–Kier alpha value is -2.04. The fourth-order valence-electron chi connectivity index (χ4n) is 3.59. The van der Waals surface area contributed by atoms with Gasteiger partial charge in [0, 0.05) is 19.1 Å². The molecule has 2 fully saturated rings. The lowest BCUT2D eigenvalue weighted by atomic mass is 9.64. The van der Waals surface area contributed by atoms with Crippen molar-refractivity contribution < 1.29 is 14.3 Å². The molecule has 1 N–H and O–H groups in total. The van der Waals surface area contributed by atoms with Gasteiger partial charge in [0.15, 0.2) is 0 Å². The minimum atomic E-state index is -0.315. The van der Waals surface area contributed by atoms with Crippen LogP contribution in [0.2, 0.25) is 0 Å². The third kappa shape index (κ3) is 3.33. The molecule has 1 aliphatic heterocycles. The molecule has 0 aromatic heterocycles. The monoisotopic (exact) mass is 316 g/mol. The molecule has 0 spiro atoms. The molecule has 5 heteroatoms. The highest BCUT2D eigenvalue weighted by molar-refractivity contribution is 5.84. The third-order valence-electron chi connectivity index (χ3n) is 5.13. The number of nitrogens with zero attached hydrogens (tertiary/aromatic N) is 1. The van der Waals surface area contributed by atoms with Crippen LogP contribution in [0.1, 0.15) is 31.2 Å². The minimum Gasteiger partial charge on any atom is -0.453 e. The summed E-state index contributed by atoms with van der Waals surface area (Å²) < 4.78 is 4.74. The summed E-state index contributed by atoms with van der Waals surface area (Å²) in [5, 5.41) is 3.16. The van der Waals surface area contributed by atoms with E-state index in [1.54, 1.807) is 4.90 Å². The Morgan fingerprint density at radius 1 is 1.30 bits per heavy atom. The van der Waals surface area contributed by atoms with E-state index in [-0.39, 0.29) is 23.5 Å². The fourth-order valence-corrected chi connectivity index (χ4v) is 3.59. The number of methoxy groups -OCH3 is 1. The zero-order valence-electron chi connectivity index (χ0n) is 13.6. The summed E-state index contributed by atoms with van der Waals surface area (Å²) in [6, 6.07) is 10.2. The lowest BCUT2D eigenvalue weighted by Crippen LogP contribution is -2.51. The summed E-state index contributed by atoms with van der Waals surface area (Å²) in [5.41, 5.74) is 0.949. The molecule has 1 aliphatic carbocycles. The zero-order valence-corrected chi connectivity index (χ0v) is 13.6. The Labute approximate surface area is 137 Å². The van der Waals surface area contributed by atoms with E-state index in [1.165, 1.54) is 12.7 Å². The molecule has 1 atom stereocenters. The van der Waals surface area contributed by atoms with E-state index >= 15 is 0 Å². The van der Waals surface area contributed by atoms with E-state index in [0.717, 1.165) is 32.1 Å². The molecule has 23 heavy (non-hydrogen) atoms. The third-order valence-corrected chi connectivity index (χ3v) is 5.13. The van der Waals surface area contributed by atoms with Crippen molar-refractivity contribution in [3.8, 4) is 0 Å². The van der Waals surface area contributed by atoms with Crippen LogP contribution in [0.3, 0.4) is 0 Å². The first-order valence-corrected chi connectivity index (χ1v) is 8.31. The van der Waals surface area contributed by atoms with Crippen LogP contribution >= 0.6 is 0 Å². The molecule has 0 radical (unpaired) electrons. The van der Waals surface area contributed by atoms with Crippen molar-refractivity contribution in [3.63, 3.8) is 0 Å². The molecule has 1 unspecified atom stereocenters. The van der Waals surface area contributed by atoms with Crippen LogP contribution in [0.15, 0.2) is 30.3 Å². The Morgan fingerprint density at radius 3 is 2.65 bits per heavy atom. The van der Waals surface area contributed by atoms with E-state index in [1.807, 2.05) is 18.2 Å². The molecule has 3 rings (SSSR count). The number of hydrogen-bond donors (Lipinski definition) is 1. The Bertz CT molecular complexity index is 569. The Balaban J connectivity index is 1.59. The van der Waals surface area contributed by atoms with Crippen molar-refractivity contribution in [2.45, 2.75) is 38.1 Å². The van der Waals surface area contributed by atoms with Crippen LogP contribution in [0, 0.1) is 5.41 Å². The Kier molecular flexibility index (Phi) is 4.55. The fraction of sp³-hybridized carbons (Fsp3) is 0.556. The van der Waals surface area contributed by atoms with Gasteiger partial charge in [0.05, 0.1) is 12.5 Å². The molecule has 2 aliphatic rings. The molecule has 1 saturated heterocycles. The van der Waals surface area contributed by atoms with Gasteiger partial charge in [-0.25, -0.2) is 4.79 Å². The van der Waals surface area contributed by atoms with Crippen molar-refractivity contribution in [2.75, 3.05) is 20.2 Å². The highest BCUT2D eigenvalue weighted by Gasteiger charge is 2.45. The van der Waals surface area contributed by atoms with Gasteiger partial charge in [0.1, 0.15) is 0 Å². The maximum atomic E-state index is 12.8. The molecule has 1 saturated carbocycles. The molecular formula is C18H24N2O3. The second-order valence-corrected chi connectivity index (χ2v) is 6.67. The summed E-state index contributed by atoms with van der Waals surface area (Å²) in [6.07, 6.45) is 4.28. The molecule has 124 valence electrons. The predicted molar refractivity (Wildman–Crippen MR) is 87.0 cm³/mol. The highest BCUT2D eigenvalue weighted by Crippen LogP contribution is 2.44. The summed E-state index contributed by atoms with van der Waals surface area (Å²) in [5.74, 6) is 0.143. The van der Waals surface area contributed by atoms with Gasteiger partial charge in [-0.1, -0.05) is 36.8 Å². The average Bonchev–Trinajstić information content (AvgIpc) is 2.99. The number of ether oxygens (including phenoxy) is 1. The molecular weight excluding hydrogens is 292 g/mol. The van der Waals surface area contributed by atoms with E-state index in [2.05, 4.69) is 17.4 Å². The second-order valence-electron chi connectivity index (χ2n) is 6.67. The quantitative estimate of drug-likeness (QED) is 0.927. The SMILES string of the molecule is COC(=O)N1CCC(NC(=O)C2(Cc3ccccc3)CCC2)C1. The van der Waals surface area contributed by atoms with Crippen LogP contribution in [0.5, 0.6) is 0 Å². The maximum Gasteiger partial charge on any atom is 0.409 e. The number of likely N-dealkylation sites (tertiary alicyclic amines) is 1. The number of benzene rings is 1. The first kappa shape index (κ1) is 15.8. The smallest absolute Gasteiger partial charge is 0.409 e. The standard InChI is InChI=1S/C18H24N2O3/c1-23-17(22)20-11-8-15(13-20)19-16(21)18(9-5-10-18)12-14-6-3-2-4-7-14/h2-4,6-7,15H,5,8-13H2,1H3,(H,19,21).